The third-order valence-corrected chi connectivity index (χ3v) is 4.05. The number of fused-ring (bicyclic) bond motifs is 3. The summed E-state index contributed by atoms with van der Waals surface area (Å²) in [5.41, 5.74) is 4.66. The van der Waals surface area contributed by atoms with Gasteiger partial charge in [0.15, 0.2) is 0 Å². The van der Waals surface area contributed by atoms with Crippen LogP contribution in [0.15, 0.2) is 48.5 Å². The van der Waals surface area contributed by atoms with Gasteiger partial charge in [-0.25, -0.2) is 4.39 Å². The highest BCUT2D eigenvalue weighted by Gasteiger charge is 2.24. The maximum Gasteiger partial charge on any atom is 0.123 e. The first-order valence-electron chi connectivity index (χ1n) is 6.91. The number of hydrogen-bond donors (Lipinski definition) is 2. The van der Waals surface area contributed by atoms with E-state index in [1.54, 1.807) is 6.07 Å². The van der Waals surface area contributed by atoms with Crippen LogP contribution in [0.1, 0.15) is 22.9 Å². The maximum atomic E-state index is 13.5. The molecule has 0 radical (unpaired) electrons. The largest absolute Gasteiger partial charge is 0.357 e. The molecule has 2 nitrogen and oxygen atoms in total. The fraction of sp³-hybridized carbons (Fsp3) is 0.176. The second-order valence-corrected chi connectivity index (χ2v) is 5.25. The van der Waals surface area contributed by atoms with E-state index in [4.69, 9.17) is 0 Å². The number of rotatable bonds is 1. The molecule has 0 bridgehead atoms. The van der Waals surface area contributed by atoms with Gasteiger partial charge in [-0.05, 0) is 35.7 Å². The van der Waals surface area contributed by atoms with Gasteiger partial charge >= 0.3 is 0 Å². The topological polar surface area (TPSA) is 27.8 Å². The van der Waals surface area contributed by atoms with Crippen molar-refractivity contribution in [3.8, 4) is 0 Å². The molecule has 2 heterocycles. The predicted molar refractivity (Wildman–Crippen MR) is 78.2 cm³/mol. The van der Waals surface area contributed by atoms with E-state index in [2.05, 4.69) is 22.4 Å². The van der Waals surface area contributed by atoms with Crippen LogP contribution in [0.4, 0.5) is 4.39 Å². The van der Waals surface area contributed by atoms with Crippen molar-refractivity contribution >= 4 is 10.9 Å². The van der Waals surface area contributed by atoms with E-state index < -0.39 is 0 Å². The number of nitrogens with one attached hydrogen (secondary N) is 2. The third-order valence-electron chi connectivity index (χ3n) is 4.05. The Bertz CT molecular complexity index is 761. The van der Waals surface area contributed by atoms with Gasteiger partial charge < -0.3 is 10.3 Å². The minimum absolute atomic E-state index is 0.162. The van der Waals surface area contributed by atoms with E-state index in [0.717, 1.165) is 23.9 Å². The van der Waals surface area contributed by atoms with Gasteiger partial charge in [-0.1, -0.05) is 30.3 Å². The van der Waals surface area contributed by atoms with Crippen molar-refractivity contribution in [1.29, 1.82) is 0 Å². The van der Waals surface area contributed by atoms with Gasteiger partial charge in [-0.15, -0.1) is 0 Å². The Kier molecular flexibility index (Phi) is 2.60. The van der Waals surface area contributed by atoms with E-state index in [9.17, 15) is 4.39 Å². The molecule has 2 aromatic carbocycles. The molecule has 0 saturated heterocycles. The first-order valence-corrected chi connectivity index (χ1v) is 6.91. The number of hydrogen-bond acceptors (Lipinski definition) is 1. The molecule has 20 heavy (non-hydrogen) atoms. The number of aromatic amines is 1. The van der Waals surface area contributed by atoms with Crippen LogP contribution in [-0.2, 0) is 6.42 Å². The summed E-state index contributed by atoms with van der Waals surface area (Å²) in [5, 5.41) is 4.56. The standard InChI is InChI=1S/C17H15FN2/c18-12-6-7-15-14(10-12)13-8-9-19-16(17(13)20-15)11-4-2-1-3-5-11/h1-7,10,16,19-20H,8-9H2. The second-order valence-electron chi connectivity index (χ2n) is 5.25. The molecule has 100 valence electrons. The Hall–Kier alpha value is -2.13. The van der Waals surface area contributed by atoms with Crippen molar-refractivity contribution < 1.29 is 4.39 Å². The highest BCUT2D eigenvalue weighted by atomic mass is 19.1. The second kappa shape index (κ2) is 4.46. The lowest BCUT2D eigenvalue weighted by molar-refractivity contribution is 0.560. The molecule has 0 fully saturated rings. The first kappa shape index (κ1) is 11.7. The predicted octanol–water partition coefficient (Wildman–Crippen LogP) is 3.54. The highest BCUT2D eigenvalue weighted by Crippen LogP contribution is 2.33. The number of benzene rings is 2. The lowest BCUT2D eigenvalue weighted by atomic mass is 9.94. The average molecular weight is 266 g/mol. The summed E-state index contributed by atoms with van der Waals surface area (Å²) >= 11 is 0. The summed E-state index contributed by atoms with van der Waals surface area (Å²) in [6.07, 6.45) is 0.933. The molecule has 1 aromatic heterocycles. The Labute approximate surface area is 116 Å². The molecule has 0 saturated carbocycles. The lowest BCUT2D eigenvalue weighted by Gasteiger charge is -2.24. The maximum absolute atomic E-state index is 13.5. The summed E-state index contributed by atoms with van der Waals surface area (Å²) in [7, 11) is 0. The zero-order valence-corrected chi connectivity index (χ0v) is 11.0. The van der Waals surface area contributed by atoms with Crippen LogP contribution < -0.4 is 5.32 Å². The molecule has 0 spiro atoms. The Morgan fingerprint density at radius 3 is 2.75 bits per heavy atom. The third kappa shape index (κ3) is 1.74. The van der Waals surface area contributed by atoms with Crippen LogP contribution in [0.3, 0.4) is 0 Å². The quantitative estimate of drug-likeness (QED) is 0.692. The van der Waals surface area contributed by atoms with Gasteiger partial charge in [0.2, 0.25) is 0 Å². The van der Waals surface area contributed by atoms with Gasteiger partial charge in [0.25, 0.3) is 0 Å². The van der Waals surface area contributed by atoms with Crippen molar-refractivity contribution in [2.75, 3.05) is 6.54 Å². The molecular formula is C17H15FN2. The Morgan fingerprint density at radius 2 is 1.90 bits per heavy atom. The molecular weight excluding hydrogens is 251 g/mol. The smallest absolute Gasteiger partial charge is 0.123 e. The van der Waals surface area contributed by atoms with E-state index in [1.165, 1.54) is 22.9 Å². The minimum atomic E-state index is -0.172. The van der Waals surface area contributed by atoms with Gasteiger partial charge in [-0.2, -0.15) is 0 Å². The molecule has 1 unspecified atom stereocenters. The summed E-state index contributed by atoms with van der Waals surface area (Å²) in [6, 6.07) is 15.5. The van der Waals surface area contributed by atoms with Crippen molar-refractivity contribution in [3.05, 3.63) is 71.2 Å². The number of halogens is 1. The van der Waals surface area contributed by atoms with Crippen LogP contribution in [-0.4, -0.2) is 11.5 Å². The molecule has 2 N–H and O–H groups in total. The van der Waals surface area contributed by atoms with Gasteiger partial charge in [0.1, 0.15) is 5.82 Å². The van der Waals surface area contributed by atoms with Gasteiger partial charge in [-0.3, -0.25) is 0 Å². The summed E-state index contributed by atoms with van der Waals surface area (Å²) in [4.78, 5) is 3.46. The van der Waals surface area contributed by atoms with Crippen LogP contribution in [0.25, 0.3) is 10.9 Å². The van der Waals surface area contributed by atoms with E-state index in [-0.39, 0.29) is 11.9 Å². The van der Waals surface area contributed by atoms with Crippen LogP contribution in [0.2, 0.25) is 0 Å². The van der Waals surface area contributed by atoms with Crippen molar-refractivity contribution in [3.63, 3.8) is 0 Å². The lowest BCUT2D eigenvalue weighted by Crippen LogP contribution is -2.30. The minimum Gasteiger partial charge on any atom is -0.357 e. The fourth-order valence-electron chi connectivity index (χ4n) is 3.13. The van der Waals surface area contributed by atoms with E-state index in [1.807, 2.05) is 24.3 Å². The first-order chi connectivity index (χ1) is 9.83. The molecule has 1 aliphatic rings. The van der Waals surface area contributed by atoms with E-state index in [0.29, 0.717) is 0 Å². The molecule has 0 aliphatic carbocycles. The molecule has 3 aromatic rings. The Balaban J connectivity index is 1.91. The van der Waals surface area contributed by atoms with Crippen molar-refractivity contribution in [2.45, 2.75) is 12.5 Å². The monoisotopic (exact) mass is 266 g/mol. The van der Waals surface area contributed by atoms with Gasteiger partial charge in [0, 0.05) is 23.1 Å². The van der Waals surface area contributed by atoms with E-state index >= 15 is 0 Å². The summed E-state index contributed by atoms with van der Waals surface area (Å²) in [6.45, 7) is 0.913. The summed E-state index contributed by atoms with van der Waals surface area (Å²) < 4.78 is 13.5. The van der Waals surface area contributed by atoms with Gasteiger partial charge in [0.05, 0.1) is 6.04 Å². The fourth-order valence-corrected chi connectivity index (χ4v) is 3.13. The van der Waals surface area contributed by atoms with Crippen molar-refractivity contribution in [2.24, 2.45) is 0 Å². The normalized spacial score (nSPS) is 18.1. The average Bonchev–Trinajstić information content (AvgIpc) is 2.86. The zero-order valence-electron chi connectivity index (χ0n) is 11.0. The van der Waals surface area contributed by atoms with Crippen molar-refractivity contribution in [1.82, 2.24) is 10.3 Å². The van der Waals surface area contributed by atoms with Crippen LogP contribution in [0.5, 0.6) is 0 Å². The zero-order chi connectivity index (χ0) is 13.5. The summed E-state index contributed by atoms with van der Waals surface area (Å²) in [5.74, 6) is -0.172. The molecule has 1 atom stereocenters. The Morgan fingerprint density at radius 1 is 1.05 bits per heavy atom. The SMILES string of the molecule is Fc1ccc2[nH]c3c(c2c1)CCNC3c1ccccc1. The molecule has 0 amide bonds. The molecule has 1 aliphatic heterocycles. The molecule has 4 rings (SSSR count). The number of H-pyrrole nitrogens is 1. The number of aromatic nitrogens is 1. The molecule has 3 heteroatoms. The highest BCUT2D eigenvalue weighted by molar-refractivity contribution is 5.85. The van der Waals surface area contributed by atoms with Crippen LogP contribution >= 0.6 is 0 Å². The van der Waals surface area contributed by atoms with Crippen LogP contribution in [0, 0.1) is 5.82 Å².